The number of carbonyl (C=O) groups is 1. The summed E-state index contributed by atoms with van der Waals surface area (Å²) in [5.41, 5.74) is 2.63. The normalized spacial score (nSPS) is 19.1. The molecule has 0 radical (unpaired) electrons. The minimum Gasteiger partial charge on any atom is -0.335 e. The molecule has 0 aliphatic carbocycles. The summed E-state index contributed by atoms with van der Waals surface area (Å²) in [4.78, 5) is 20.1. The first-order valence-corrected chi connectivity index (χ1v) is 11.0. The SMILES string of the molecule is CCN(C(=O)c1ccc(-c2sc(C)nc2C)cc1)C1CCS(=O)(=O)C1. The van der Waals surface area contributed by atoms with Crippen LogP contribution in [0.25, 0.3) is 10.4 Å². The largest absolute Gasteiger partial charge is 0.335 e. The van der Waals surface area contributed by atoms with E-state index in [0.29, 0.717) is 18.5 Å². The number of carbonyl (C=O) groups excluding carboxylic acids is 1. The third kappa shape index (κ3) is 3.77. The van der Waals surface area contributed by atoms with E-state index in [9.17, 15) is 13.2 Å². The molecule has 1 aliphatic rings. The third-order valence-corrected chi connectivity index (χ3v) is 7.42. The molecule has 1 unspecified atom stereocenters. The summed E-state index contributed by atoms with van der Waals surface area (Å²) in [6.45, 7) is 6.36. The number of benzene rings is 1. The Hall–Kier alpha value is -1.73. The van der Waals surface area contributed by atoms with Gasteiger partial charge in [-0.05, 0) is 44.9 Å². The van der Waals surface area contributed by atoms with E-state index in [4.69, 9.17) is 0 Å². The standard InChI is InChI=1S/C18H22N2O3S2/c1-4-20(16-9-10-25(22,23)11-16)18(21)15-7-5-14(6-8-15)17-12(2)19-13(3)24-17/h5-8,16H,4,9-11H2,1-3H3. The molecule has 0 spiro atoms. The first-order chi connectivity index (χ1) is 11.8. The van der Waals surface area contributed by atoms with Crippen LogP contribution in [-0.4, -0.2) is 48.3 Å². The van der Waals surface area contributed by atoms with E-state index in [1.807, 2.05) is 45.0 Å². The van der Waals surface area contributed by atoms with Crippen LogP contribution < -0.4 is 0 Å². The van der Waals surface area contributed by atoms with E-state index in [1.54, 1.807) is 16.2 Å². The van der Waals surface area contributed by atoms with Crippen molar-refractivity contribution in [2.75, 3.05) is 18.1 Å². The fourth-order valence-electron chi connectivity index (χ4n) is 3.32. The molecule has 2 aromatic rings. The predicted molar refractivity (Wildman–Crippen MR) is 101 cm³/mol. The van der Waals surface area contributed by atoms with Crippen LogP contribution in [0.15, 0.2) is 24.3 Å². The molecule has 1 aliphatic heterocycles. The fourth-order valence-corrected chi connectivity index (χ4v) is 5.97. The molecule has 7 heteroatoms. The molecule has 25 heavy (non-hydrogen) atoms. The number of rotatable bonds is 4. The lowest BCUT2D eigenvalue weighted by Gasteiger charge is -2.27. The van der Waals surface area contributed by atoms with Crippen molar-refractivity contribution in [3.8, 4) is 10.4 Å². The average Bonchev–Trinajstić information content (AvgIpc) is 3.09. The summed E-state index contributed by atoms with van der Waals surface area (Å²) in [6.07, 6.45) is 0.527. The van der Waals surface area contributed by atoms with E-state index in [0.717, 1.165) is 21.1 Å². The Bertz CT molecular complexity index is 886. The van der Waals surface area contributed by atoms with Crippen LogP contribution in [0.1, 0.15) is 34.4 Å². The van der Waals surface area contributed by atoms with Gasteiger partial charge < -0.3 is 4.90 Å². The highest BCUT2D eigenvalue weighted by molar-refractivity contribution is 7.91. The van der Waals surface area contributed by atoms with Gasteiger partial charge in [0.15, 0.2) is 9.84 Å². The molecule has 0 bridgehead atoms. The van der Waals surface area contributed by atoms with Gasteiger partial charge >= 0.3 is 0 Å². The van der Waals surface area contributed by atoms with Gasteiger partial charge in [0.1, 0.15) is 0 Å². The maximum atomic E-state index is 12.8. The van der Waals surface area contributed by atoms with Gasteiger partial charge in [-0.25, -0.2) is 13.4 Å². The number of sulfone groups is 1. The third-order valence-electron chi connectivity index (χ3n) is 4.55. The summed E-state index contributed by atoms with van der Waals surface area (Å²) in [5.74, 6) is 0.141. The van der Waals surface area contributed by atoms with Gasteiger partial charge in [-0.2, -0.15) is 0 Å². The summed E-state index contributed by atoms with van der Waals surface area (Å²) >= 11 is 1.64. The van der Waals surface area contributed by atoms with E-state index in [2.05, 4.69) is 4.98 Å². The number of hydrogen-bond acceptors (Lipinski definition) is 5. The minimum atomic E-state index is -3.01. The van der Waals surface area contributed by atoms with E-state index < -0.39 is 9.84 Å². The van der Waals surface area contributed by atoms with Gasteiger partial charge in [0.25, 0.3) is 5.91 Å². The Labute approximate surface area is 152 Å². The molecular weight excluding hydrogens is 356 g/mol. The summed E-state index contributed by atoms with van der Waals surface area (Å²) in [6, 6.07) is 7.30. The molecule has 1 amide bonds. The summed E-state index contributed by atoms with van der Waals surface area (Å²) in [5, 5.41) is 1.02. The zero-order valence-corrected chi connectivity index (χ0v) is 16.3. The Morgan fingerprint density at radius 1 is 1.28 bits per heavy atom. The Balaban J connectivity index is 1.81. The van der Waals surface area contributed by atoms with Crippen LogP contribution in [-0.2, 0) is 9.84 Å². The van der Waals surface area contributed by atoms with Crippen molar-refractivity contribution < 1.29 is 13.2 Å². The number of thiazole rings is 1. The van der Waals surface area contributed by atoms with Crippen molar-refractivity contribution in [1.29, 1.82) is 0 Å². The predicted octanol–water partition coefficient (Wildman–Crippen LogP) is 3.08. The number of nitrogens with zero attached hydrogens (tertiary/aromatic N) is 2. The van der Waals surface area contributed by atoms with Crippen LogP contribution in [0, 0.1) is 13.8 Å². The lowest BCUT2D eigenvalue weighted by Crippen LogP contribution is -2.40. The van der Waals surface area contributed by atoms with E-state index >= 15 is 0 Å². The maximum Gasteiger partial charge on any atom is 0.254 e. The van der Waals surface area contributed by atoms with Gasteiger partial charge in [-0.15, -0.1) is 11.3 Å². The lowest BCUT2D eigenvalue weighted by molar-refractivity contribution is 0.0708. The highest BCUT2D eigenvalue weighted by atomic mass is 32.2. The molecule has 0 N–H and O–H groups in total. The quantitative estimate of drug-likeness (QED) is 0.820. The van der Waals surface area contributed by atoms with Crippen molar-refractivity contribution in [3.05, 3.63) is 40.5 Å². The first-order valence-electron chi connectivity index (χ1n) is 8.36. The van der Waals surface area contributed by atoms with Crippen LogP contribution in [0.3, 0.4) is 0 Å². The molecule has 1 aromatic heterocycles. The topological polar surface area (TPSA) is 67.3 Å². The highest BCUT2D eigenvalue weighted by Crippen LogP contribution is 2.30. The molecule has 1 saturated heterocycles. The van der Waals surface area contributed by atoms with Crippen LogP contribution in [0.2, 0.25) is 0 Å². The molecule has 3 rings (SSSR count). The van der Waals surface area contributed by atoms with Gasteiger partial charge in [-0.3, -0.25) is 4.79 Å². The van der Waals surface area contributed by atoms with Gasteiger partial charge in [-0.1, -0.05) is 12.1 Å². The molecule has 5 nitrogen and oxygen atoms in total. The number of amides is 1. The van der Waals surface area contributed by atoms with Crippen molar-refractivity contribution in [1.82, 2.24) is 9.88 Å². The molecule has 1 fully saturated rings. The second-order valence-electron chi connectivity index (χ2n) is 6.37. The second-order valence-corrected chi connectivity index (χ2v) is 9.80. The number of hydrogen-bond donors (Lipinski definition) is 0. The van der Waals surface area contributed by atoms with Crippen LogP contribution in [0.4, 0.5) is 0 Å². The van der Waals surface area contributed by atoms with Crippen molar-refractivity contribution in [2.45, 2.75) is 33.2 Å². The van der Waals surface area contributed by atoms with Gasteiger partial charge in [0.05, 0.1) is 27.1 Å². The monoisotopic (exact) mass is 378 g/mol. The molecule has 134 valence electrons. The maximum absolute atomic E-state index is 12.8. The molecule has 2 heterocycles. The summed E-state index contributed by atoms with van der Waals surface area (Å²) < 4.78 is 23.4. The Morgan fingerprint density at radius 2 is 1.96 bits per heavy atom. The Morgan fingerprint density at radius 3 is 2.44 bits per heavy atom. The summed E-state index contributed by atoms with van der Waals surface area (Å²) in [7, 11) is -3.01. The van der Waals surface area contributed by atoms with Crippen molar-refractivity contribution in [3.63, 3.8) is 0 Å². The first kappa shape index (κ1) is 18.1. The minimum absolute atomic E-state index is 0.0734. The second kappa shape index (κ2) is 6.88. The van der Waals surface area contributed by atoms with Crippen LogP contribution >= 0.6 is 11.3 Å². The zero-order valence-electron chi connectivity index (χ0n) is 14.7. The van der Waals surface area contributed by atoms with Crippen molar-refractivity contribution in [2.24, 2.45) is 0 Å². The van der Waals surface area contributed by atoms with Gasteiger partial charge in [0.2, 0.25) is 0 Å². The number of aromatic nitrogens is 1. The lowest BCUT2D eigenvalue weighted by atomic mass is 10.1. The highest BCUT2D eigenvalue weighted by Gasteiger charge is 2.34. The molecular formula is C18H22N2O3S2. The Kier molecular flexibility index (Phi) is 4.97. The van der Waals surface area contributed by atoms with E-state index in [-0.39, 0.29) is 23.5 Å². The van der Waals surface area contributed by atoms with Crippen LogP contribution in [0.5, 0.6) is 0 Å². The van der Waals surface area contributed by atoms with E-state index in [1.165, 1.54) is 0 Å². The fraction of sp³-hybridized carbons (Fsp3) is 0.444. The smallest absolute Gasteiger partial charge is 0.254 e. The number of aryl methyl sites for hydroxylation is 2. The average molecular weight is 379 g/mol. The molecule has 1 aromatic carbocycles. The zero-order chi connectivity index (χ0) is 18.2. The van der Waals surface area contributed by atoms with Gasteiger partial charge in [0, 0.05) is 18.2 Å². The molecule has 0 saturated carbocycles. The molecule has 1 atom stereocenters. The van der Waals surface area contributed by atoms with Crippen molar-refractivity contribution >= 4 is 27.1 Å².